The first-order valence-electron chi connectivity index (χ1n) is 4.43. The van der Waals surface area contributed by atoms with Crippen LogP contribution >= 0.6 is 23.2 Å². The van der Waals surface area contributed by atoms with Gasteiger partial charge in [-0.3, -0.25) is 4.79 Å². The summed E-state index contributed by atoms with van der Waals surface area (Å²) in [5.41, 5.74) is 0.785. The Labute approximate surface area is 102 Å². The maximum atomic E-state index is 12.0. The largest absolute Gasteiger partial charge is 0.288 e. The van der Waals surface area contributed by atoms with Gasteiger partial charge in [-0.15, -0.1) is 0 Å². The van der Waals surface area contributed by atoms with E-state index in [1.165, 1.54) is 24.8 Å². The van der Waals surface area contributed by atoms with Crippen LogP contribution < -0.4 is 0 Å². The lowest BCUT2D eigenvalue weighted by Crippen LogP contribution is -2.03. The minimum atomic E-state index is -0.220. The second-order valence-corrected chi connectivity index (χ2v) is 3.92. The third-order valence-corrected chi connectivity index (χ3v) is 2.55. The fourth-order valence-electron chi connectivity index (χ4n) is 1.25. The van der Waals surface area contributed by atoms with Crippen molar-refractivity contribution in [1.29, 1.82) is 0 Å². The Morgan fingerprint density at radius 3 is 2.44 bits per heavy atom. The number of ketones is 1. The van der Waals surface area contributed by atoms with Gasteiger partial charge in [-0.05, 0) is 18.2 Å². The first kappa shape index (κ1) is 11.0. The predicted octanol–water partition coefficient (Wildman–Crippen LogP) is 3.01. The average Bonchev–Trinajstić information content (AvgIpc) is 2.29. The molecule has 5 heteroatoms. The summed E-state index contributed by atoms with van der Waals surface area (Å²) in [5, 5.41) is 0.812. The number of nitrogens with zero attached hydrogens (tertiary/aromatic N) is 2. The normalized spacial score (nSPS) is 10.1. The van der Waals surface area contributed by atoms with Gasteiger partial charge in [-0.1, -0.05) is 23.2 Å². The summed E-state index contributed by atoms with van der Waals surface area (Å²) >= 11 is 11.7. The summed E-state index contributed by atoms with van der Waals surface area (Å²) in [6.07, 6.45) is 4.25. The summed E-state index contributed by atoms with van der Waals surface area (Å²) in [5.74, 6) is -0.220. The molecule has 1 heterocycles. The van der Waals surface area contributed by atoms with Gasteiger partial charge in [0.2, 0.25) is 0 Å². The van der Waals surface area contributed by atoms with Crippen molar-refractivity contribution in [2.75, 3.05) is 0 Å². The minimum Gasteiger partial charge on any atom is -0.288 e. The van der Waals surface area contributed by atoms with E-state index >= 15 is 0 Å². The van der Waals surface area contributed by atoms with E-state index in [2.05, 4.69) is 9.97 Å². The fraction of sp³-hybridized carbons (Fsp3) is 0. The van der Waals surface area contributed by atoms with Gasteiger partial charge in [-0.25, -0.2) is 9.97 Å². The molecule has 0 aliphatic rings. The summed E-state index contributed by atoms with van der Waals surface area (Å²) in [6, 6.07) is 4.73. The van der Waals surface area contributed by atoms with Crippen LogP contribution in [0.5, 0.6) is 0 Å². The molecule has 1 aromatic carbocycles. The van der Waals surface area contributed by atoms with Gasteiger partial charge in [0.05, 0.1) is 10.6 Å². The Balaban J connectivity index is 2.42. The van der Waals surface area contributed by atoms with E-state index in [9.17, 15) is 4.79 Å². The summed E-state index contributed by atoms with van der Waals surface area (Å²) in [7, 11) is 0. The quantitative estimate of drug-likeness (QED) is 0.772. The molecular formula is C11H6Cl2N2O. The number of carbonyl (C=O) groups is 1. The third kappa shape index (κ3) is 2.21. The zero-order chi connectivity index (χ0) is 11.5. The molecular weight excluding hydrogens is 247 g/mol. The summed E-state index contributed by atoms with van der Waals surface area (Å²) in [4.78, 5) is 19.5. The van der Waals surface area contributed by atoms with Crippen LogP contribution in [0.2, 0.25) is 10.0 Å². The highest BCUT2D eigenvalue weighted by atomic mass is 35.5. The van der Waals surface area contributed by atoms with Crippen molar-refractivity contribution in [1.82, 2.24) is 9.97 Å². The molecule has 2 aromatic rings. The van der Waals surface area contributed by atoms with Crippen LogP contribution in [-0.4, -0.2) is 15.8 Å². The monoisotopic (exact) mass is 252 g/mol. The first-order valence-corrected chi connectivity index (χ1v) is 5.19. The SMILES string of the molecule is O=C(c1cncnc1)c1ccc(Cl)cc1Cl. The van der Waals surface area contributed by atoms with Crippen molar-refractivity contribution in [3.8, 4) is 0 Å². The van der Waals surface area contributed by atoms with Crippen LogP contribution in [0, 0.1) is 0 Å². The molecule has 0 unspecified atom stereocenters. The number of hydrogen-bond donors (Lipinski definition) is 0. The van der Waals surface area contributed by atoms with E-state index in [4.69, 9.17) is 23.2 Å². The molecule has 1 aromatic heterocycles. The predicted molar refractivity (Wildman–Crippen MR) is 61.9 cm³/mol. The minimum absolute atomic E-state index is 0.220. The van der Waals surface area contributed by atoms with E-state index in [0.29, 0.717) is 21.2 Å². The first-order chi connectivity index (χ1) is 7.68. The highest BCUT2D eigenvalue weighted by molar-refractivity contribution is 6.37. The Kier molecular flexibility index (Phi) is 3.17. The lowest BCUT2D eigenvalue weighted by Gasteiger charge is -2.02. The number of benzene rings is 1. The zero-order valence-electron chi connectivity index (χ0n) is 8.02. The van der Waals surface area contributed by atoms with Crippen LogP contribution in [0.25, 0.3) is 0 Å². The molecule has 0 aliphatic heterocycles. The molecule has 0 aliphatic carbocycles. The average molecular weight is 253 g/mol. The Morgan fingerprint density at radius 1 is 1.12 bits per heavy atom. The number of rotatable bonds is 2. The van der Waals surface area contributed by atoms with Gasteiger partial charge < -0.3 is 0 Å². The number of halogens is 2. The molecule has 0 fully saturated rings. The van der Waals surface area contributed by atoms with E-state index in [1.54, 1.807) is 12.1 Å². The van der Waals surface area contributed by atoms with Gasteiger partial charge in [0, 0.05) is 23.0 Å². The lowest BCUT2D eigenvalue weighted by atomic mass is 10.1. The molecule has 0 bridgehead atoms. The third-order valence-electron chi connectivity index (χ3n) is 2.00. The topological polar surface area (TPSA) is 42.9 Å². The van der Waals surface area contributed by atoms with E-state index in [0.717, 1.165) is 0 Å². The molecule has 0 radical (unpaired) electrons. The molecule has 0 saturated heterocycles. The van der Waals surface area contributed by atoms with E-state index < -0.39 is 0 Å². The lowest BCUT2D eigenvalue weighted by molar-refractivity contribution is 0.103. The molecule has 0 atom stereocenters. The highest BCUT2D eigenvalue weighted by Gasteiger charge is 2.13. The van der Waals surface area contributed by atoms with Gasteiger partial charge >= 0.3 is 0 Å². The van der Waals surface area contributed by atoms with Crippen molar-refractivity contribution in [2.45, 2.75) is 0 Å². The Morgan fingerprint density at radius 2 is 1.81 bits per heavy atom. The standard InChI is InChI=1S/C11H6Cl2N2O/c12-8-1-2-9(10(13)3-8)11(16)7-4-14-6-15-5-7/h1-6H. The number of carbonyl (C=O) groups excluding carboxylic acids is 1. The van der Waals surface area contributed by atoms with Crippen molar-refractivity contribution >= 4 is 29.0 Å². The zero-order valence-corrected chi connectivity index (χ0v) is 9.53. The number of hydrogen-bond acceptors (Lipinski definition) is 3. The van der Waals surface area contributed by atoms with E-state index in [-0.39, 0.29) is 5.78 Å². The summed E-state index contributed by atoms with van der Waals surface area (Å²) < 4.78 is 0. The van der Waals surface area contributed by atoms with Crippen molar-refractivity contribution in [3.05, 3.63) is 58.1 Å². The van der Waals surface area contributed by atoms with Crippen LogP contribution in [-0.2, 0) is 0 Å². The molecule has 0 saturated carbocycles. The van der Waals surface area contributed by atoms with Gasteiger partial charge in [0.15, 0.2) is 5.78 Å². The molecule has 0 spiro atoms. The smallest absolute Gasteiger partial charge is 0.197 e. The van der Waals surface area contributed by atoms with Crippen LogP contribution in [0.3, 0.4) is 0 Å². The second-order valence-electron chi connectivity index (χ2n) is 3.08. The molecule has 3 nitrogen and oxygen atoms in total. The molecule has 2 rings (SSSR count). The number of aromatic nitrogens is 2. The van der Waals surface area contributed by atoms with Gasteiger partial charge in [0.25, 0.3) is 0 Å². The van der Waals surface area contributed by atoms with Gasteiger partial charge in [-0.2, -0.15) is 0 Å². The molecule has 0 N–H and O–H groups in total. The van der Waals surface area contributed by atoms with E-state index in [1.807, 2.05) is 0 Å². The molecule has 16 heavy (non-hydrogen) atoms. The maximum Gasteiger partial charge on any atom is 0.197 e. The van der Waals surface area contributed by atoms with Crippen molar-refractivity contribution in [3.63, 3.8) is 0 Å². The van der Waals surface area contributed by atoms with Crippen LogP contribution in [0.1, 0.15) is 15.9 Å². The summed E-state index contributed by atoms with van der Waals surface area (Å²) in [6.45, 7) is 0. The Hall–Kier alpha value is -1.45. The highest BCUT2D eigenvalue weighted by Crippen LogP contribution is 2.22. The fourth-order valence-corrected chi connectivity index (χ4v) is 1.74. The van der Waals surface area contributed by atoms with Gasteiger partial charge in [0.1, 0.15) is 6.33 Å². The van der Waals surface area contributed by atoms with Crippen molar-refractivity contribution in [2.24, 2.45) is 0 Å². The maximum absolute atomic E-state index is 12.0. The molecule has 80 valence electrons. The molecule has 0 amide bonds. The Bertz CT molecular complexity index is 529. The van der Waals surface area contributed by atoms with Crippen molar-refractivity contribution < 1.29 is 4.79 Å². The van der Waals surface area contributed by atoms with Crippen LogP contribution in [0.4, 0.5) is 0 Å². The second kappa shape index (κ2) is 4.60. The van der Waals surface area contributed by atoms with Crippen LogP contribution in [0.15, 0.2) is 36.9 Å².